The van der Waals surface area contributed by atoms with Gasteiger partial charge in [-0.2, -0.15) is 0 Å². The number of hydrogen-bond donors (Lipinski definition) is 1. The van der Waals surface area contributed by atoms with Crippen LogP contribution in [0.2, 0.25) is 0 Å². The maximum atomic E-state index is 12.7. The average molecular weight is 413 g/mol. The highest BCUT2D eigenvalue weighted by atomic mass is 32.1. The van der Waals surface area contributed by atoms with Gasteiger partial charge in [0, 0.05) is 28.1 Å². The van der Waals surface area contributed by atoms with Crippen LogP contribution < -0.4 is 10.1 Å². The summed E-state index contributed by atoms with van der Waals surface area (Å²) in [6.07, 6.45) is 0. The Hall–Kier alpha value is -2.90. The Balaban J connectivity index is 1.80. The summed E-state index contributed by atoms with van der Waals surface area (Å²) in [5.74, 6) is 0.120. The van der Waals surface area contributed by atoms with E-state index in [4.69, 9.17) is 14.2 Å². The number of carbonyl (C=O) groups excluding carboxylic acids is 2. The highest BCUT2D eigenvalue weighted by molar-refractivity contribution is 7.20. The normalized spacial score (nSPS) is 10.7. The number of carbonyl (C=O) groups is 2. The van der Waals surface area contributed by atoms with Crippen LogP contribution in [0.15, 0.2) is 42.5 Å². The number of anilines is 1. The first-order chi connectivity index (χ1) is 14.0. The molecule has 7 heteroatoms. The summed E-state index contributed by atoms with van der Waals surface area (Å²) in [7, 11) is 1.36. The molecule has 0 aliphatic heterocycles. The molecule has 2 aromatic carbocycles. The minimum absolute atomic E-state index is 0.228. The molecule has 0 unspecified atom stereocenters. The predicted octanol–water partition coefficient (Wildman–Crippen LogP) is 4.88. The number of amides is 1. The van der Waals surface area contributed by atoms with Crippen molar-refractivity contribution in [2.24, 2.45) is 0 Å². The largest absolute Gasteiger partial charge is 0.494 e. The minimum Gasteiger partial charge on any atom is -0.494 e. The molecule has 0 spiro atoms. The first-order valence-corrected chi connectivity index (χ1v) is 10.1. The summed E-state index contributed by atoms with van der Waals surface area (Å²) in [6, 6.07) is 12.6. The summed E-state index contributed by atoms with van der Waals surface area (Å²) in [4.78, 5) is 25.0. The molecular formula is C22H23NO5S. The molecule has 1 N–H and O–H groups in total. The van der Waals surface area contributed by atoms with Gasteiger partial charge in [0.25, 0.3) is 5.91 Å². The Morgan fingerprint density at radius 1 is 1.03 bits per heavy atom. The van der Waals surface area contributed by atoms with Gasteiger partial charge in [0.1, 0.15) is 10.6 Å². The van der Waals surface area contributed by atoms with Crippen molar-refractivity contribution in [3.05, 3.63) is 58.5 Å². The lowest BCUT2D eigenvalue weighted by Crippen LogP contribution is -2.12. The summed E-state index contributed by atoms with van der Waals surface area (Å²) in [5, 5.41) is 3.78. The van der Waals surface area contributed by atoms with Gasteiger partial charge in [-0.3, -0.25) is 4.79 Å². The number of rotatable bonds is 8. The number of ether oxygens (including phenoxy) is 3. The third-order valence-electron chi connectivity index (χ3n) is 4.24. The lowest BCUT2D eigenvalue weighted by atomic mass is 10.1. The summed E-state index contributed by atoms with van der Waals surface area (Å²) in [5.41, 5.74) is 2.00. The predicted molar refractivity (Wildman–Crippen MR) is 114 cm³/mol. The highest BCUT2D eigenvalue weighted by Gasteiger charge is 2.13. The van der Waals surface area contributed by atoms with Crippen molar-refractivity contribution in [2.75, 3.05) is 25.6 Å². The molecule has 0 aliphatic rings. The Morgan fingerprint density at radius 3 is 2.59 bits per heavy atom. The molecule has 152 valence electrons. The van der Waals surface area contributed by atoms with Crippen LogP contribution in [-0.4, -0.2) is 32.2 Å². The van der Waals surface area contributed by atoms with E-state index in [0.717, 1.165) is 15.6 Å². The van der Waals surface area contributed by atoms with Gasteiger partial charge in [0.15, 0.2) is 0 Å². The van der Waals surface area contributed by atoms with E-state index in [2.05, 4.69) is 5.32 Å². The smallest absolute Gasteiger partial charge is 0.348 e. The Bertz CT molecular complexity index is 1030. The Morgan fingerprint density at radius 2 is 1.86 bits per heavy atom. The fourth-order valence-corrected chi connectivity index (χ4v) is 3.83. The van der Waals surface area contributed by atoms with E-state index in [1.54, 1.807) is 24.3 Å². The molecule has 0 radical (unpaired) electrons. The fraction of sp³-hybridized carbons (Fsp3) is 0.273. The number of fused-ring (bicyclic) bond motifs is 1. The minimum atomic E-state index is -0.368. The van der Waals surface area contributed by atoms with E-state index in [1.165, 1.54) is 18.4 Å². The molecule has 0 aliphatic carbocycles. The maximum absolute atomic E-state index is 12.7. The van der Waals surface area contributed by atoms with Crippen molar-refractivity contribution in [2.45, 2.75) is 20.5 Å². The molecule has 0 bridgehead atoms. The van der Waals surface area contributed by atoms with Gasteiger partial charge < -0.3 is 19.5 Å². The van der Waals surface area contributed by atoms with Gasteiger partial charge in [0.05, 0.1) is 20.3 Å². The second-order valence-electron chi connectivity index (χ2n) is 6.20. The average Bonchev–Trinajstić information content (AvgIpc) is 3.16. The standard InChI is InChI=1S/C22H23NO5S/c1-4-27-13-16-10-14(6-8-18(16)28-5-2)21(24)23-17-7-9-19-15(11-17)12-20(29-19)22(25)26-3/h6-12H,4-5,13H2,1-3H3,(H,23,24). The summed E-state index contributed by atoms with van der Waals surface area (Å²) in [6.45, 7) is 5.33. The highest BCUT2D eigenvalue weighted by Crippen LogP contribution is 2.29. The van der Waals surface area contributed by atoms with E-state index >= 15 is 0 Å². The van der Waals surface area contributed by atoms with Crippen molar-refractivity contribution in [1.82, 2.24) is 0 Å². The van der Waals surface area contributed by atoms with E-state index in [0.29, 0.717) is 41.7 Å². The number of benzene rings is 2. The van der Waals surface area contributed by atoms with Gasteiger partial charge in [-0.25, -0.2) is 4.79 Å². The SMILES string of the molecule is CCOCc1cc(C(=O)Nc2ccc3sc(C(=O)OC)cc3c2)ccc1OCC. The molecule has 1 heterocycles. The zero-order valence-corrected chi connectivity index (χ0v) is 17.4. The van der Waals surface area contributed by atoms with Gasteiger partial charge in [0.2, 0.25) is 0 Å². The van der Waals surface area contributed by atoms with E-state index < -0.39 is 0 Å². The van der Waals surface area contributed by atoms with Crippen LogP contribution in [0.4, 0.5) is 5.69 Å². The van der Waals surface area contributed by atoms with Gasteiger partial charge >= 0.3 is 5.97 Å². The third-order valence-corrected chi connectivity index (χ3v) is 5.34. The summed E-state index contributed by atoms with van der Waals surface area (Å²) >= 11 is 1.35. The Labute approximate surface area is 173 Å². The molecule has 0 saturated heterocycles. The molecule has 3 aromatic rings. The van der Waals surface area contributed by atoms with Crippen molar-refractivity contribution >= 4 is 39.0 Å². The molecule has 3 rings (SSSR count). The monoisotopic (exact) mass is 413 g/mol. The Kier molecular flexibility index (Phi) is 6.85. The molecule has 29 heavy (non-hydrogen) atoms. The van der Waals surface area contributed by atoms with Crippen LogP contribution >= 0.6 is 11.3 Å². The van der Waals surface area contributed by atoms with E-state index in [9.17, 15) is 9.59 Å². The van der Waals surface area contributed by atoms with Crippen LogP contribution in [0.5, 0.6) is 5.75 Å². The molecule has 0 fully saturated rings. The quantitative estimate of drug-likeness (QED) is 0.533. The first-order valence-electron chi connectivity index (χ1n) is 9.32. The molecule has 0 saturated carbocycles. The van der Waals surface area contributed by atoms with Crippen molar-refractivity contribution in [1.29, 1.82) is 0 Å². The van der Waals surface area contributed by atoms with Crippen LogP contribution in [0.1, 0.15) is 39.4 Å². The van der Waals surface area contributed by atoms with Gasteiger partial charge in [-0.05, 0) is 61.7 Å². The van der Waals surface area contributed by atoms with Crippen LogP contribution in [0.3, 0.4) is 0 Å². The number of hydrogen-bond acceptors (Lipinski definition) is 6. The van der Waals surface area contributed by atoms with Crippen molar-refractivity contribution in [3.8, 4) is 5.75 Å². The molecule has 1 amide bonds. The van der Waals surface area contributed by atoms with Gasteiger partial charge in [-0.1, -0.05) is 0 Å². The number of esters is 1. The third kappa shape index (κ3) is 4.93. The first kappa shape index (κ1) is 20.8. The van der Waals surface area contributed by atoms with Crippen LogP contribution in [0, 0.1) is 0 Å². The maximum Gasteiger partial charge on any atom is 0.348 e. The van der Waals surface area contributed by atoms with Crippen molar-refractivity contribution in [3.63, 3.8) is 0 Å². The molecule has 1 aromatic heterocycles. The second-order valence-corrected chi connectivity index (χ2v) is 7.29. The molecular weight excluding hydrogens is 390 g/mol. The fourth-order valence-electron chi connectivity index (χ4n) is 2.87. The van der Waals surface area contributed by atoms with E-state index in [1.807, 2.05) is 32.0 Å². The van der Waals surface area contributed by atoms with Crippen LogP contribution in [-0.2, 0) is 16.1 Å². The second kappa shape index (κ2) is 9.54. The zero-order chi connectivity index (χ0) is 20.8. The number of nitrogens with one attached hydrogen (secondary N) is 1. The lowest BCUT2D eigenvalue weighted by Gasteiger charge is -2.12. The zero-order valence-electron chi connectivity index (χ0n) is 16.6. The van der Waals surface area contributed by atoms with Crippen LogP contribution in [0.25, 0.3) is 10.1 Å². The molecule has 0 atom stereocenters. The van der Waals surface area contributed by atoms with Crippen molar-refractivity contribution < 1.29 is 23.8 Å². The van der Waals surface area contributed by atoms with Gasteiger partial charge in [-0.15, -0.1) is 11.3 Å². The molecule has 6 nitrogen and oxygen atoms in total. The topological polar surface area (TPSA) is 73.9 Å². The van der Waals surface area contributed by atoms with E-state index in [-0.39, 0.29) is 11.9 Å². The number of methoxy groups -OCH3 is 1. The number of thiophene rings is 1. The summed E-state index contributed by atoms with van der Waals surface area (Å²) < 4.78 is 16.8. The lowest BCUT2D eigenvalue weighted by molar-refractivity contribution is 0.0606.